The van der Waals surface area contributed by atoms with Gasteiger partial charge in [0.2, 0.25) is 0 Å². The molecule has 0 radical (unpaired) electrons. The van der Waals surface area contributed by atoms with Crippen LogP contribution in [-0.2, 0) is 17.8 Å². The number of hydrogen-bond acceptors (Lipinski definition) is 4. The Kier molecular flexibility index (Phi) is 5.02. The molecule has 0 aliphatic heterocycles. The average molecular weight is 282 g/mol. The van der Waals surface area contributed by atoms with E-state index in [-0.39, 0.29) is 5.69 Å². The molecule has 0 saturated heterocycles. The first-order chi connectivity index (χ1) is 10.2. The Hall–Kier alpha value is -2.71. The molecule has 0 aliphatic carbocycles. The van der Waals surface area contributed by atoms with Gasteiger partial charge >= 0.3 is 0 Å². The summed E-state index contributed by atoms with van der Waals surface area (Å²) < 4.78 is 5.54. The van der Waals surface area contributed by atoms with E-state index in [0.29, 0.717) is 25.2 Å². The van der Waals surface area contributed by atoms with Gasteiger partial charge in [-0.3, -0.25) is 10.1 Å². The lowest BCUT2D eigenvalue weighted by Gasteiger charge is -2.05. The van der Waals surface area contributed by atoms with Crippen LogP contribution in [0.2, 0.25) is 0 Å². The van der Waals surface area contributed by atoms with Crippen molar-refractivity contribution in [2.75, 3.05) is 6.61 Å². The van der Waals surface area contributed by atoms with Crippen LogP contribution in [0.3, 0.4) is 0 Å². The number of nitriles is 1. The Bertz CT molecular complexity index is 677. The van der Waals surface area contributed by atoms with Crippen molar-refractivity contribution in [2.24, 2.45) is 0 Å². The Balaban J connectivity index is 1.83. The quantitative estimate of drug-likeness (QED) is 0.463. The summed E-state index contributed by atoms with van der Waals surface area (Å²) in [6, 6.07) is 15.9. The Morgan fingerprint density at radius 3 is 2.67 bits per heavy atom. The zero-order valence-electron chi connectivity index (χ0n) is 11.4. The average Bonchev–Trinajstić information content (AvgIpc) is 2.52. The van der Waals surface area contributed by atoms with Crippen molar-refractivity contribution < 1.29 is 9.66 Å². The molecule has 2 rings (SSSR count). The standard InChI is InChI=1S/C16H14N2O3/c17-11-14-4-1-5-15(9-14)12-21-8-7-13-3-2-6-16(10-13)18(19)20/h1-6,9-10H,7-8,12H2. The maximum atomic E-state index is 10.7. The number of benzene rings is 2. The molecule has 0 saturated carbocycles. The van der Waals surface area contributed by atoms with Gasteiger partial charge in [0.25, 0.3) is 5.69 Å². The van der Waals surface area contributed by atoms with Gasteiger partial charge in [0, 0.05) is 12.1 Å². The van der Waals surface area contributed by atoms with Crippen LogP contribution in [0.4, 0.5) is 5.69 Å². The largest absolute Gasteiger partial charge is 0.376 e. The fraction of sp³-hybridized carbons (Fsp3) is 0.188. The molecule has 0 spiro atoms. The highest BCUT2D eigenvalue weighted by atomic mass is 16.6. The van der Waals surface area contributed by atoms with E-state index in [1.54, 1.807) is 24.3 Å². The maximum absolute atomic E-state index is 10.7. The molecule has 0 fully saturated rings. The summed E-state index contributed by atoms with van der Waals surface area (Å²) in [7, 11) is 0. The van der Waals surface area contributed by atoms with Crippen LogP contribution in [0.25, 0.3) is 0 Å². The Labute approximate surface area is 122 Å². The molecule has 0 heterocycles. The first-order valence-corrected chi connectivity index (χ1v) is 6.49. The van der Waals surface area contributed by atoms with Crippen LogP contribution >= 0.6 is 0 Å². The van der Waals surface area contributed by atoms with Gasteiger partial charge in [-0.15, -0.1) is 0 Å². The number of non-ortho nitro benzene ring substituents is 1. The van der Waals surface area contributed by atoms with E-state index in [4.69, 9.17) is 10.00 Å². The van der Waals surface area contributed by atoms with Crippen molar-refractivity contribution in [3.8, 4) is 6.07 Å². The second-order valence-electron chi connectivity index (χ2n) is 4.54. The monoisotopic (exact) mass is 282 g/mol. The third-order valence-electron chi connectivity index (χ3n) is 2.98. The normalized spacial score (nSPS) is 10.0. The molecule has 0 atom stereocenters. The molecular weight excluding hydrogens is 268 g/mol. The van der Waals surface area contributed by atoms with Gasteiger partial charge in [-0.1, -0.05) is 24.3 Å². The summed E-state index contributed by atoms with van der Waals surface area (Å²) in [6.45, 7) is 0.891. The van der Waals surface area contributed by atoms with Crippen LogP contribution in [0.1, 0.15) is 16.7 Å². The molecule has 106 valence electrons. The molecule has 0 aliphatic rings. The number of nitro groups is 1. The molecule has 21 heavy (non-hydrogen) atoms. The highest BCUT2D eigenvalue weighted by Crippen LogP contribution is 2.13. The molecule has 0 amide bonds. The molecule has 5 nitrogen and oxygen atoms in total. The number of hydrogen-bond donors (Lipinski definition) is 0. The van der Waals surface area contributed by atoms with Crippen LogP contribution < -0.4 is 0 Å². The highest BCUT2D eigenvalue weighted by Gasteiger charge is 2.05. The van der Waals surface area contributed by atoms with Gasteiger partial charge < -0.3 is 4.74 Å². The molecule has 0 aromatic heterocycles. The van der Waals surface area contributed by atoms with E-state index in [9.17, 15) is 10.1 Å². The predicted molar refractivity (Wildman–Crippen MR) is 77.6 cm³/mol. The minimum atomic E-state index is -0.405. The predicted octanol–water partition coefficient (Wildman–Crippen LogP) is 3.23. The van der Waals surface area contributed by atoms with Crippen LogP contribution in [-0.4, -0.2) is 11.5 Å². The number of ether oxygens (including phenoxy) is 1. The molecule has 0 unspecified atom stereocenters. The molecule has 2 aromatic rings. The second kappa shape index (κ2) is 7.17. The van der Waals surface area contributed by atoms with Crippen molar-refractivity contribution >= 4 is 5.69 Å². The van der Waals surface area contributed by atoms with Crippen molar-refractivity contribution in [2.45, 2.75) is 13.0 Å². The first kappa shape index (κ1) is 14.7. The van der Waals surface area contributed by atoms with Crippen molar-refractivity contribution in [3.05, 3.63) is 75.3 Å². The van der Waals surface area contributed by atoms with Crippen molar-refractivity contribution in [1.29, 1.82) is 5.26 Å². The topological polar surface area (TPSA) is 76.2 Å². The van der Waals surface area contributed by atoms with Gasteiger partial charge in [0.1, 0.15) is 0 Å². The van der Waals surface area contributed by atoms with Crippen LogP contribution in [0, 0.1) is 21.4 Å². The van der Waals surface area contributed by atoms with Gasteiger partial charge in [-0.25, -0.2) is 0 Å². The zero-order chi connectivity index (χ0) is 15.1. The minimum absolute atomic E-state index is 0.0919. The lowest BCUT2D eigenvalue weighted by molar-refractivity contribution is -0.384. The summed E-state index contributed by atoms with van der Waals surface area (Å²) in [4.78, 5) is 10.3. The Morgan fingerprint density at radius 1 is 1.14 bits per heavy atom. The number of nitrogens with zero attached hydrogens (tertiary/aromatic N) is 2. The highest BCUT2D eigenvalue weighted by molar-refractivity contribution is 5.34. The fourth-order valence-corrected chi connectivity index (χ4v) is 1.94. The van der Waals surface area contributed by atoms with E-state index >= 15 is 0 Å². The molecule has 5 heteroatoms. The number of nitro benzene ring substituents is 1. The van der Waals surface area contributed by atoms with Crippen LogP contribution in [0.15, 0.2) is 48.5 Å². The minimum Gasteiger partial charge on any atom is -0.376 e. The second-order valence-corrected chi connectivity index (χ2v) is 4.54. The van der Waals surface area contributed by atoms with Crippen molar-refractivity contribution in [3.63, 3.8) is 0 Å². The van der Waals surface area contributed by atoms with Crippen molar-refractivity contribution in [1.82, 2.24) is 0 Å². The molecule has 0 bridgehead atoms. The van der Waals surface area contributed by atoms with E-state index in [2.05, 4.69) is 6.07 Å². The summed E-state index contributed by atoms with van der Waals surface area (Å²) in [5, 5.41) is 19.5. The third kappa shape index (κ3) is 4.41. The SMILES string of the molecule is N#Cc1cccc(COCCc2cccc([N+](=O)[O-])c2)c1. The third-order valence-corrected chi connectivity index (χ3v) is 2.98. The summed E-state index contributed by atoms with van der Waals surface area (Å²) in [6.07, 6.45) is 0.611. The summed E-state index contributed by atoms with van der Waals surface area (Å²) >= 11 is 0. The smallest absolute Gasteiger partial charge is 0.269 e. The lowest BCUT2D eigenvalue weighted by Crippen LogP contribution is -2.00. The van der Waals surface area contributed by atoms with E-state index in [0.717, 1.165) is 11.1 Å². The number of rotatable bonds is 6. The van der Waals surface area contributed by atoms with E-state index in [1.165, 1.54) is 6.07 Å². The maximum Gasteiger partial charge on any atom is 0.269 e. The van der Waals surface area contributed by atoms with Gasteiger partial charge in [0.15, 0.2) is 0 Å². The first-order valence-electron chi connectivity index (χ1n) is 6.49. The lowest BCUT2D eigenvalue weighted by atomic mass is 10.1. The Morgan fingerprint density at radius 2 is 1.90 bits per heavy atom. The molecule has 2 aromatic carbocycles. The van der Waals surface area contributed by atoms with E-state index in [1.807, 2.05) is 18.2 Å². The van der Waals surface area contributed by atoms with E-state index < -0.39 is 4.92 Å². The van der Waals surface area contributed by atoms with Gasteiger partial charge in [-0.2, -0.15) is 5.26 Å². The zero-order valence-corrected chi connectivity index (χ0v) is 11.4. The summed E-state index contributed by atoms with van der Waals surface area (Å²) in [5.74, 6) is 0. The molecule has 0 N–H and O–H groups in total. The summed E-state index contributed by atoms with van der Waals surface area (Å²) in [5.41, 5.74) is 2.51. The van der Waals surface area contributed by atoms with Gasteiger partial charge in [-0.05, 0) is 29.7 Å². The van der Waals surface area contributed by atoms with Gasteiger partial charge in [0.05, 0.1) is 29.8 Å². The fourth-order valence-electron chi connectivity index (χ4n) is 1.94. The van der Waals surface area contributed by atoms with Crippen LogP contribution in [0.5, 0.6) is 0 Å². The molecular formula is C16H14N2O3.